The number of nitrogens with zero attached hydrogens (tertiary/aromatic N) is 1. The van der Waals surface area contributed by atoms with Crippen LogP contribution in [0.3, 0.4) is 0 Å². The quantitative estimate of drug-likeness (QED) is 0.823. The van der Waals surface area contributed by atoms with Crippen molar-refractivity contribution < 1.29 is 9.59 Å². The summed E-state index contributed by atoms with van der Waals surface area (Å²) in [6, 6.07) is 1.78. The van der Waals surface area contributed by atoms with Crippen LogP contribution in [-0.4, -0.2) is 22.3 Å². The van der Waals surface area contributed by atoms with Gasteiger partial charge in [-0.05, 0) is 31.4 Å². The van der Waals surface area contributed by atoms with Crippen molar-refractivity contribution in [3.05, 3.63) is 29.6 Å². The Balaban J connectivity index is 2.22. The molecule has 0 aromatic carbocycles. The summed E-state index contributed by atoms with van der Waals surface area (Å²) in [5, 5.41) is 2.88. The van der Waals surface area contributed by atoms with Crippen LogP contribution in [-0.2, 0) is 4.79 Å². The Morgan fingerprint density at radius 1 is 1.25 bits per heavy atom. The standard InChI is InChI=1S/C15H21N3O2/c1-11-6-9-17-10-12(11)13(19)18-15(14(16)20)7-4-2-3-5-8-15/h6,9-10H,2-5,7-8H2,1H3,(H2,16,20)(H,18,19). The predicted octanol–water partition coefficient (Wildman–Crippen LogP) is 1.70. The van der Waals surface area contributed by atoms with Crippen molar-refractivity contribution in [1.82, 2.24) is 10.3 Å². The Hall–Kier alpha value is -1.91. The average molecular weight is 275 g/mol. The third-order valence-electron chi connectivity index (χ3n) is 4.07. The summed E-state index contributed by atoms with van der Waals surface area (Å²) in [6.45, 7) is 1.85. The van der Waals surface area contributed by atoms with Gasteiger partial charge in [-0.1, -0.05) is 25.7 Å². The number of rotatable bonds is 3. The number of nitrogens with one attached hydrogen (secondary N) is 1. The predicted molar refractivity (Wildman–Crippen MR) is 76.1 cm³/mol. The van der Waals surface area contributed by atoms with Crippen LogP contribution >= 0.6 is 0 Å². The van der Waals surface area contributed by atoms with Crippen LogP contribution in [0.25, 0.3) is 0 Å². The molecule has 1 fully saturated rings. The summed E-state index contributed by atoms with van der Waals surface area (Å²) >= 11 is 0. The summed E-state index contributed by atoms with van der Waals surface area (Å²) in [6.07, 6.45) is 8.39. The van der Waals surface area contributed by atoms with Gasteiger partial charge in [0, 0.05) is 12.4 Å². The third-order valence-corrected chi connectivity index (χ3v) is 4.07. The second kappa shape index (κ2) is 6.03. The maximum Gasteiger partial charge on any atom is 0.253 e. The molecule has 1 aliphatic rings. The van der Waals surface area contributed by atoms with E-state index >= 15 is 0 Å². The van der Waals surface area contributed by atoms with E-state index in [0.29, 0.717) is 18.4 Å². The molecule has 0 saturated heterocycles. The van der Waals surface area contributed by atoms with Gasteiger partial charge in [-0.15, -0.1) is 0 Å². The zero-order valence-corrected chi connectivity index (χ0v) is 11.8. The lowest BCUT2D eigenvalue weighted by atomic mass is 9.89. The molecule has 0 radical (unpaired) electrons. The van der Waals surface area contributed by atoms with Gasteiger partial charge in [-0.25, -0.2) is 0 Å². The van der Waals surface area contributed by atoms with Crippen molar-refractivity contribution >= 4 is 11.8 Å². The van der Waals surface area contributed by atoms with E-state index in [0.717, 1.165) is 31.2 Å². The molecule has 1 saturated carbocycles. The van der Waals surface area contributed by atoms with Crippen LogP contribution in [0, 0.1) is 6.92 Å². The van der Waals surface area contributed by atoms with E-state index in [1.807, 2.05) is 6.92 Å². The number of amides is 2. The first-order valence-electron chi connectivity index (χ1n) is 7.08. The molecule has 20 heavy (non-hydrogen) atoms. The highest BCUT2D eigenvalue weighted by molar-refractivity contribution is 5.99. The SMILES string of the molecule is Cc1ccncc1C(=O)NC1(C(N)=O)CCCCCC1. The van der Waals surface area contributed by atoms with E-state index in [1.54, 1.807) is 12.3 Å². The number of nitrogens with two attached hydrogens (primary N) is 1. The highest BCUT2D eigenvalue weighted by atomic mass is 16.2. The second-order valence-corrected chi connectivity index (χ2v) is 5.51. The molecule has 0 bridgehead atoms. The van der Waals surface area contributed by atoms with E-state index < -0.39 is 11.4 Å². The topological polar surface area (TPSA) is 85.1 Å². The van der Waals surface area contributed by atoms with Gasteiger partial charge in [0.15, 0.2) is 0 Å². The highest BCUT2D eigenvalue weighted by Crippen LogP contribution is 2.27. The van der Waals surface area contributed by atoms with Crippen LogP contribution in [0.2, 0.25) is 0 Å². The van der Waals surface area contributed by atoms with Gasteiger partial charge < -0.3 is 11.1 Å². The number of aromatic nitrogens is 1. The molecule has 0 aliphatic heterocycles. The molecule has 1 aromatic rings. The Labute approximate surface area is 119 Å². The van der Waals surface area contributed by atoms with Crippen LogP contribution in [0.15, 0.2) is 18.5 Å². The number of carbonyl (C=O) groups excluding carboxylic acids is 2. The number of pyridine rings is 1. The molecular formula is C15H21N3O2. The molecule has 5 nitrogen and oxygen atoms in total. The van der Waals surface area contributed by atoms with Crippen molar-refractivity contribution in [1.29, 1.82) is 0 Å². The van der Waals surface area contributed by atoms with E-state index in [-0.39, 0.29) is 5.91 Å². The molecule has 3 N–H and O–H groups in total. The van der Waals surface area contributed by atoms with Gasteiger partial charge >= 0.3 is 0 Å². The normalized spacial score (nSPS) is 18.1. The van der Waals surface area contributed by atoms with Crippen LogP contribution in [0.1, 0.15) is 54.4 Å². The first-order valence-corrected chi connectivity index (χ1v) is 7.08. The minimum absolute atomic E-state index is 0.267. The van der Waals surface area contributed by atoms with Crippen LogP contribution < -0.4 is 11.1 Å². The van der Waals surface area contributed by atoms with E-state index in [4.69, 9.17) is 5.73 Å². The molecule has 0 spiro atoms. The van der Waals surface area contributed by atoms with E-state index in [9.17, 15) is 9.59 Å². The van der Waals surface area contributed by atoms with Gasteiger partial charge in [-0.2, -0.15) is 0 Å². The largest absolute Gasteiger partial charge is 0.368 e. The summed E-state index contributed by atoms with van der Waals surface area (Å²) in [5.41, 5.74) is 6.00. The number of carbonyl (C=O) groups is 2. The molecular weight excluding hydrogens is 254 g/mol. The lowest BCUT2D eigenvalue weighted by Crippen LogP contribution is -2.57. The smallest absolute Gasteiger partial charge is 0.253 e. The summed E-state index contributed by atoms with van der Waals surface area (Å²) in [5.74, 6) is -0.703. The maximum absolute atomic E-state index is 12.4. The fourth-order valence-corrected chi connectivity index (χ4v) is 2.75. The number of hydrogen-bond acceptors (Lipinski definition) is 3. The molecule has 5 heteroatoms. The van der Waals surface area contributed by atoms with Crippen molar-refractivity contribution in [3.63, 3.8) is 0 Å². The number of hydrogen-bond donors (Lipinski definition) is 2. The zero-order valence-electron chi connectivity index (χ0n) is 11.8. The van der Waals surface area contributed by atoms with Crippen LogP contribution in [0.5, 0.6) is 0 Å². The molecule has 2 rings (SSSR count). The second-order valence-electron chi connectivity index (χ2n) is 5.51. The minimum atomic E-state index is -0.907. The Morgan fingerprint density at radius 3 is 2.45 bits per heavy atom. The third kappa shape index (κ3) is 2.98. The molecule has 0 unspecified atom stereocenters. The van der Waals surface area contributed by atoms with Crippen molar-refractivity contribution in [2.24, 2.45) is 5.73 Å². The fourth-order valence-electron chi connectivity index (χ4n) is 2.75. The number of aryl methyl sites for hydroxylation is 1. The fraction of sp³-hybridized carbons (Fsp3) is 0.533. The average Bonchev–Trinajstić information content (AvgIpc) is 2.65. The van der Waals surface area contributed by atoms with Gasteiger partial charge in [0.2, 0.25) is 5.91 Å². The lowest BCUT2D eigenvalue weighted by Gasteiger charge is -2.30. The molecule has 2 amide bonds. The Morgan fingerprint density at radius 2 is 1.90 bits per heavy atom. The highest BCUT2D eigenvalue weighted by Gasteiger charge is 2.38. The molecule has 0 atom stereocenters. The van der Waals surface area contributed by atoms with Gasteiger partial charge in [0.1, 0.15) is 5.54 Å². The van der Waals surface area contributed by atoms with Crippen molar-refractivity contribution in [2.45, 2.75) is 51.0 Å². The summed E-state index contributed by atoms with van der Waals surface area (Å²) in [7, 11) is 0. The van der Waals surface area contributed by atoms with E-state index in [1.165, 1.54) is 6.20 Å². The summed E-state index contributed by atoms with van der Waals surface area (Å²) < 4.78 is 0. The molecule has 1 aliphatic carbocycles. The zero-order chi connectivity index (χ0) is 14.6. The van der Waals surface area contributed by atoms with Gasteiger partial charge in [0.05, 0.1) is 5.56 Å². The van der Waals surface area contributed by atoms with Gasteiger partial charge in [0.25, 0.3) is 5.91 Å². The lowest BCUT2D eigenvalue weighted by molar-refractivity contribution is -0.124. The Kier molecular flexibility index (Phi) is 4.37. The minimum Gasteiger partial charge on any atom is -0.368 e. The van der Waals surface area contributed by atoms with Crippen molar-refractivity contribution in [2.75, 3.05) is 0 Å². The Bertz CT molecular complexity index is 506. The van der Waals surface area contributed by atoms with Gasteiger partial charge in [-0.3, -0.25) is 14.6 Å². The molecule has 108 valence electrons. The first-order chi connectivity index (χ1) is 9.55. The van der Waals surface area contributed by atoms with E-state index in [2.05, 4.69) is 10.3 Å². The first kappa shape index (κ1) is 14.5. The summed E-state index contributed by atoms with van der Waals surface area (Å²) in [4.78, 5) is 28.2. The monoisotopic (exact) mass is 275 g/mol. The molecule has 1 aromatic heterocycles. The van der Waals surface area contributed by atoms with Crippen LogP contribution in [0.4, 0.5) is 0 Å². The maximum atomic E-state index is 12.4. The molecule has 1 heterocycles. The number of primary amides is 1. The van der Waals surface area contributed by atoms with Crippen molar-refractivity contribution in [3.8, 4) is 0 Å².